The number of nitrogens with one attached hydrogen (secondary N) is 1. The molecule has 9 heteroatoms. The van der Waals surface area contributed by atoms with Gasteiger partial charge in [-0.05, 0) is 37.3 Å². The van der Waals surface area contributed by atoms with Crippen molar-refractivity contribution in [2.24, 2.45) is 0 Å². The molecule has 1 aromatic heterocycles. The normalized spacial score (nSPS) is 20.1. The van der Waals surface area contributed by atoms with Crippen molar-refractivity contribution in [1.29, 1.82) is 0 Å². The van der Waals surface area contributed by atoms with Crippen molar-refractivity contribution in [2.75, 3.05) is 19.8 Å². The Morgan fingerprint density at radius 1 is 1.21 bits per heavy atom. The third-order valence-corrected chi connectivity index (χ3v) is 7.13. The van der Waals surface area contributed by atoms with Crippen LogP contribution in [-0.4, -0.2) is 36.5 Å². The largest absolute Gasteiger partial charge is 0.460 e. The Labute approximate surface area is 201 Å². The van der Waals surface area contributed by atoms with Gasteiger partial charge in [-0.25, -0.2) is 4.79 Å². The highest BCUT2D eigenvalue weighted by molar-refractivity contribution is 7.10. The predicted octanol–water partition coefficient (Wildman–Crippen LogP) is 4.60. The maximum Gasteiger partial charge on any atom is 0.336 e. The van der Waals surface area contributed by atoms with Gasteiger partial charge >= 0.3 is 5.97 Å². The van der Waals surface area contributed by atoms with E-state index >= 15 is 0 Å². The maximum atomic E-state index is 13.5. The standard InChI is InChI=1S/C25H26N2O6S/c1-3-32-10-11-33-25(29)22-15(2)26-19-13-17(21-5-4-12-34-21)14-20(28)24(19)23(22)16-6-8-18(9-7-16)27(30)31/h4-9,12,17,23,26H,3,10-11,13-14H2,1-2H3/t17-,23+/m1/s1. The van der Waals surface area contributed by atoms with Gasteiger partial charge in [-0.3, -0.25) is 14.9 Å². The monoisotopic (exact) mass is 482 g/mol. The zero-order chi connectivity index (χ0) is 24.2. The molecule has 0 unspecified atom stereocenters. The van der Waals surface area contributed by atoms with E-state index in [1.54, 1.807) is 30.4 Å². The second kappa shape index (κ2) is 10.3. The van der Waals surface area contributed by atoms with E-state index in [2.05, 4.69) is 5.32 Å². The number of esters is 1. The van der Waals surface area contributed by atoms with Crippen LogP contribution in [0.5, 0.6) is 0 Å². The molecule has 0 saturated heterocycles. The Kier molecular flexibility index (Phi) is 7.23. The van der Waals surface area contributed by atoms with E-state index < -0.39 is 16.8 Å². The number of hydrogen-bond donors (Lipinski definition) is 1. The van der Waals surface area contributed by atoms with Crippen molar-refractivity contribution in [3.05, 3.63) is 84.9 Å². The minimum Gasteiger partial charge on any atom is -0.460 e. The molecule has 1 aliphatic carbocycles. The van der Waals surface area contributed by atoms with Crippen LogP contribution in [0, 0.1) is 10.1 Å². The molecule has 34 heavy (non-hydrogen) atoms. The van der Waals surface area contributed by atoms with Gasteiger partial charge in [0.1, 0.15) is 6.61 Å². The van der Waals surface area contributed by atoms with Crippen LogP contribution in [0.3, 0.4) is 0 Å². The SMILES string of the molecule is CCOCCOC(=O)C1=C(C)NC2=C(C(=O)C[C@H](c3cccs3)C2)[C@H]1c1ccc([N+](=O)[O-])cc1. The Morgan fingerprint density at radius 2 is 1.97 bits per heavy atom. The summed E-state index contributed by atoms with van der Waals surface area (Å²) >= 11 is 1.63. The summed E-state index contributed by atoms with van der Waals surface area (Å²) in [6, 6.07) is 10.0. The van der Waals surface area contributed by atoms with E-state index in [1.165, 1.54) is 12.1 Å². The Bertz CT molecular complexity index is 1150. The summed E-state index contributed by atoms with van der Waals surface area (Å²) in [6.45, 7) is 4.54. The molecule has 0 fully saturated rings. The van der Waals surface area contributed by atoms with E-state index in [0.29, 0.717) is 41.9 Å². The van der Waals surface area contributed by atoms with Crippen LogP contribution < -0.4 is 5.32 Å². The number of dihydropyridines is 1. The zero-order valence-corrected chi connectivity index (χ0v) is 19.9. The zero-order valence-electron chi connectivity index (χ0n) is 19.0. The van der Waals surface area contributed by atoms with Crippen LogP contribution >= 0.6 is 11.3 Å². The first-order chi connectivity index (χ1) is 16.4. The van der Waals surface area contributed by atoms with Crippen LogP contribution in [0.25, 0.3) is 0 Å². The Hall–Kier alpha value is -3.30. The van der Waals surface area contributed by atoms with Gasteiger partial charge in [-0.2, -0.15) is 0 Å². The molecule has 2 aliphatic rings. The lowest BCUT2D eigenvalue weighted by Gasteiger charge is -2.36. The molecule has 8 nitrogen and oxygen atoms in total. The summed E-state index contributed by atoms with van der Waals surface area (Å²) in [5.41, 5.74) is 2.86. The van der Waals surface area contributed by atoms with Gasteiger partial charge in [-0.1, -0.05) is 18.2 Å². The number of nitrogens with zero attached hydrogens (tertiary/aromatic N) is 1. The molecular formula is C25H26N2O6S. The van der Waals surface area contributed by atoms with E-state index in [4.69, 9.17) is 9.47 Å². The molecule has 178 valence electrons. The molecule has 2 atom stereocenters. The maximum absolute atomic E-state index is 13.5. The molecule has 1 aliphatic heterocycles. The molecule has 0 radical (unpaired) electrons. The van der Waals surface area contributed by atoms with Crippen molar-refractivity contribution in [3.63, 3.8) is 0 Å². The smallest absolute Gasteiger partial charge is 0.336 e. The molecule has 4 rings (SSSR count). The number of thiophene rings is 1. The number of ether oxygens (including phenoxy) is 2. The molecule has 2 heterocycles. The number of carbonyl (C=O) groups excluding carboxylic acids is 2. The molecule has 0 bridgehead atoms. The number of nitro benzene ring substituents is 1. The summed E-state index contributed by atoms with van der Waals surface area (Å²) in [6.07, 6.45) is 0.991. The number of allylic oxidation sites excluding steroid dienone is 3. The van der Waals surface area contributed by atoms with E-state index in [-0.39, 0.29) is 30.6 Å². The number of Topliss-reactive ketones (excluding diaryl/α,β-unsaturated/α-hetero) is 1. The number of rotatable bonds is 8. The molecule has 0 amide bonds. The Balaban J connectivity index is 1.72. The third kappa shape index (κ3) is 4.80. The molecule has 2 aromatic rings. The van der Waals surface area contributed by atoms with Crippen molar-refractivity contribution in [1.82, 2.24) is 5.32 Å². The van der Waals surface area contributed by atoms with Crippen molar-refractivity contribution >= 4 is 28.8 Å². The average molecular weight is 483 g/mol. The predicted molar refractivity (Wildman–Crippen MR) is 127 cm³/mol. The number of carbonyl (C=O) groups is 2. The summed E-state index contributed by atoms with van der Waals surface area (Å²) < 4.78 is 10.7. The first kappa shape index (κ1) is 23.8. The minimum atomic E-state index is -0.659. The van der Waals surface area contributed by atoms with Gasteiger partial charge in [0.2, 0.25) is 0 Å². The van der Waals surface area contributed by atoms with Gasteiger partial charge in [0.05, 0.1) is 17.1 Å². The number of benzene rings is 1. The van der Waals surface area contributed by atoms with Gasteiger partial charge < -0.3 is 14.8 Å². The van der Waals surface area contributed by atoms with Gasteiger partial charge in [0, 0.05) is 58.8 Å². The Morgan fingerprint density at radius 3 is 2.62 bits per heavy atom. The summed E-state index contributed by atoms with van der Waals surface area (Å²) in [7, 11) is 0. The minimum absolute atomic E-state index is 0.0392. The fraction of sp³-hybridized carbons (Fsp3) is 0.360. The fourth-order valence-electron chi connectivity index (χ4n) is 4.57. The van der Waals surface area contributed by atoms with E-state index in [1.807, 2.05) is 24.4 Å². The van der Waals surface area contributed by atoms with Crippen LogP contribution in [0.1, 0.15) is 49.0 Å². The molecular weight excluding hydrogens is 456 g/mol. The highest BCUT2D eigenvalue weighted by atomic mass is 32.1. The average Bonchev–Trinajstić information content (AvgIpc) is 3.36. The summed E-state index contributed by atoms with van der Waals surface area (Å²) in [4.78, 5) is 38.4. The van der Waals surface area contributed by atoms with Gasteiger partial charge in [0.15, 0.2) is 5.78 Å². The first-order valence-electron chi connectivity index (χ1n) is 11.2. The second-order valence-corrected chi connectivity index (χ2v) is 9.19. The lowest BCUT2D eigenvalue weighted by Crippen LogP contribution is -2.36. The molecule has 0 saturated carbocycles. The molecule has 1 aromatic carbocycles. The first-order valence-corrected chi connectivity index (χ1v) is 12.0. The number of hydrogen-bond acceptors (Lipinski definition) is 8. The molecule has 1 N–H and O–H groups in total. The van der Waals surface area contributed by atoms with Crippen LogP contribution in [0.2, 0.25) is 0 Å². The van der Waals surface area contributed by atoms with Crippen LogP contribution in [-0.2, 0) is 19.1 Å². The topological polar surface area (TPSA) is 108 Å². The lowest BCUT2D eigenvalue weighted by atomic mass is 9.72. The van der Waals surface area contributed by atoms with Crippen LogP contribution in [0.4, 0.5) is 5.69 Å². The van der Waals surface area contributed by atoms with Gasteiger partial charge in [-0.15, -0.1) is 11.3 Å². The number of ketones is 1. The van der Waals surface area contributed by atoms with Crippen molar-refractivity contribution in [2.45, 2.75) is 38.5 Å². The highest BCUT2D eigenvalue weighted by Crippen LogP contribution is 2.46. The summed E-state index contributed by atoms with van der Waals surface area (Å²) in [5.74, 6) is -1.16. The fourth-order valence-corrected chi connectivity index (χ4v) is 5.40. The highest BCUT2D eigenvalue weighted by Gasteiger charge is 2.41. The van der Waals surface area contributed by atoms with Crippen LogP contribution in [0.15, 0.2) is 64.3 Å². The van der Waals surface area contributed by atoms with Crippen molar-refractivity contribution < 1.29 is 24.0 Å². The third-order valence-electron chi connectivity index (χ3n) is 6.10. The quantitative estimate of drug-likeness (QED) is 0.254. The van der Waals surface area contributed by atoms with E-state index in [9.17, 15) is 19.7 Å². The van der Waals surface area contributed by atoms with Crippen molar-refractivity contribution in [3.8, 4) is 0 Å². The second-order valence-electron chi connectivity index (χ2n) is 8.21. The number of nitro groups is 1. The van der Waals surface area contributed by atoms with Gasteiger partial charge in [0.25, 0.3) is 5.69 Å². The number of non-ortho nitro benzene ring substituents is 1. The molecule has 0 spiro atoms. The lowest BCUT2D eigenvalue weighted by molar-refractivity contribution is -0.384. The summed E-state index contributed by atoms with van der Waals surface area (Å²) in [5, 5.41) is 16.5. The van der Waals surface area contributed by atoms with E-state index in [0.717, 1.165) is 10.6 Å².